The van der Waals surface area contributed by atoms with Crippen LogP contribution in [-0.2, 0) is 0 Å². The monoisotopic (exact) mass is 428 g/mol. The molecule has 1 unspecified atom stereocenters. The molecule has 2 aromatic rings. The van der Waals surface area contributed by atoms with Gasteiger partial charge in [0.15, 0.2) is 0 Å². The predicted octanol–water partition coefficient (Wildman–Crippen LogP) is 6.01. The molecule has 0 saturated carbocycles. The summed E-state index contributed by atoms with van der Waals surface area (Å²) in [6.45, 7) is 8.83. The van der Waals surface area contributed by atoms with Crippen LogP contribution in [0.25, 0.3) is 0 Å². The van der Waals surface area contributed by atoms with Crippen LogP contribution < -0.4 is 0 Å². The van der Waals surface area contributed by atoms with Gasteiger partial charge in [-0.05, 0) is 95.8 Å². The van der Waals surface area contributed by atoms with Crippen molar-refractivity contribution < 1.29 is 0 Å². The van der Waals surface area contributed by atoms with Crippen LogP contribution in [0, 0.1) is 31.3 Å². The molecule has 0 N–H and O–H groups in total. The Balaban J connectivity index is 2.59. The van der Waals surface area contributed by atoms with E-state index in [1.165, 1.54) is 37.0 Å². The van der Waals surface area contributed by atoms with E-state index in [1.54, 1.807) is 0 Å². The van der Waals surface area contributed by atoms with E-state index < -0.39 is 0 Å². The maximum atomic E-state index is 3.89. The second kappa shape index (κ2) is 5.96. The first-order chi connectivity index (χ1) is 8.91. The lowest BCUT2D eigenvalue weighted by Crippen LogP contribution is -2.03. The van der Waals surface area contributed by atoms with Gasteiger partial charge in [0.25, 0.3) is 0 Å². The van der Waals surface area contributed by atoms with Gasteiger partial charge in [-0.1, -0.05) is 34.1 Å². The van der Waals surface area contributed by atoms with Crippen LogP contribution in [0.3, 0.4) is 0 Å². The molecule has 19 heavy (non-hydrogen) atoms. The van der Waals surface area contributed by atoms with Crippen LogP contribution in [0.5, 0.6) is 0 Å². The third-order valence-corrected chi connectivity index (χ3v) is 5.48. The van der Waals surface area contributed by atoms with E-state index in [0.29, 0.717) is 0 Å². The minimum Gasteiger partial charge on any atom is -0.0786 e. The molecule has 1 atom stereocenters. The van der Waals surface area contributed by atoms with Gasteiger partial charge in [-0.3, -0.25) is 0 Å². The lowest BCUT2D eigenvalue weighted by Gasteiger charge is -2.20. The molecule has 0 aliphatic heterocycles. The summed E-state index contributed by atoms with van der Waals surface area (Å²) in [6.07, 6.45) is 0. The van der Waals surface area contributed by atoms with E-state index >= 15 is 0 Å². The second-order valence-corrected chi connectivity index (χ2v) is 7.25. The SMILES string of the molecule is Cc1cc(C)c(C)c(C(Br)c2cccc(I)c2)c1C. The Morgan fingerprint density at radius 2 is 1.53 bits per heavy atom. The van der Waals surface area contributed by atoms with Gasteiger partial charge in [-0.25, -0.2) is 0 Å². The standard InChI is InChI=1S/C17H18BrI/c1-10-8-11(2)13(4)16(12(10)3)17(18)14-6-5-7-15(19)9-14/h5-9,17H,1-4H3. The number of halogens is 2. The Morgan fingerprint density at radius 1 is 0.947 bits per heavy atom. The molecule has 0 radical (unpaired) electrons. The highest BCUT2D eigenvalue weighted by molar-refractivity contribution is 14.1. The summed E-state index contributed by atoms with van der Waals surface area (Å²) < 4.78 is 1.28. The number of rotatable bonds is 2. The first-order valence-corrected chi connectivity index (χ1v) is 8.38. The largest absolute Gasteiger partial charge is 0.0786 e. The van der Waals surface area contributed by atoms with E-state index in [9.17, 15) is 0 Å². The van der Waals surface area contributed by atoms with Gasteiger partial charge < -0.3 is 0 Å². The summed E-state index contributed by atoms with van der Waals surface area (Å²) in [5.74, 6) is 0. The van der Waals surface area contributed by atoms with E-state index in [4.69, 9.17) is 0 Å². The Morgan fingerprint density at radius 3 is 2.05 bits per heavy atom. The third-order valence-electron chi connectivity index (χ3n) is 3.82. The number of aryl methyl sites for hydroxylation is 2. The molecule has 0 heterocycles. The van der Waals surface area contributed by atoms with Crippen LogP contribution in [-0.4, -0.2) is 0 Å². The van der Waals surface area contributed by atoms with Gasteiger partial charge in [0, 0.05) is 3.57 Å². The minimum absolute atomic E-state index is 0.265. The minimum atomic E-state index is 0.265. The highest BCUT2D eigenvalue weighted by Gasteiger charge is 2.18. The maximum absolute atomic E-state index is 3.89. The van der Waals surface area contributed by atoms with Crippen molar-refractivity contribution in [2.24, 2.45) is 0 Å². The molecule has 100 valence electrons. The number of benzene rings is 2. The lowest BCUT2D eigenvalue weighted by molar-refractivity contribution is 1.07. The topological polar surface area (TPSA) is 0 Å². The first-order valence-electron chi connectivity index (χ1n) is 6.38. The van der Waals surface area contributed by atoms with E-state index in [-0.39, 0.29) is 4.83 Å². The molecule has 0 aliphatic rings. The molecule has 2 aromatic carbocycles. The number of hydrogen-bond acceptors (Lipinski definition) is 0. The zero-order chi connectivity index (χ0) is 14.2. The molecule has 2 rings (SSSR count). The van der Waals surface area contributed by atoms with Gasteiger partial charge in [0.2, 0.25) is 0 Å². The fraction of sp³-hybridized carbons (Fsp3) is 0.294. The van der Waals surface area contributed by atoms with Crippen molar-refractivity contribution in [3.8, 4) is 0 Å². The fourth-order valence-corrected chi connectivity index (χ4v) is 4.00. The summed E-state index contributed by atoms with van der Waals surface area (Å²) in [6, 6.07) is 11.0. The lowest BCUT2D eigenvalue weighted by atomic mass is 9.90. The Hall–Kier alpha value is -0.350. The van der Waals surface area contributed by atoms with Gasteiger partial charge in [0.05, 0.1) is 4.83 Å². The van der Waals surface area contributed by atoms with Crippen LogP contribution in [0.1, 0.15) is 38.2 Å². The molecule has 0 saturated heterocycles. The highest BCUT2D eigenvalue weighted by Crippen LogP contribution is 2.37. The average molecular weight is 429 g/mol. The van der Waals surface area contributed by atoms with Gasteiger partial charge >= 0.3 is 0 Å². The molecule has 0 aromatic heterocycles. The zero-order valence-corrected chi connectivity index (χ0v) is 15.5. The quantitative estimate of drug-likeness (QED) is 0.405. The molecule has 0 fully saturated rings. The van der Waals surface area contributed by atoms with Crippen molar-refractivity contribution in [1.82, 2.24) is 0 Å². The van der Waals surface area contributed by atoms with Gasteiger partial charge in [-0.2, -0.15) is 0 Å². The molecule has 0 amide bonds. The van der Waals surface area contributed by atoms with Crippen molar-refractivity contribution in [1.29, 1.82) is 0 Å². The maximum Gasteiger partial charge on any atom is 0.0650 e. The Labute approximate surface area is 137 Å². The summed E-state index contributed by atoms with van der Waals surface area (Å²) in [4.78, 5) is 0.265. The van der Waals surface area contributed by atoms with Gasteiger partial charge in [-0.15, -0.1) is 0 Å². The normalized spacial score (nSPS) is 12.5. The van der Waals surface area contributed by atoms with E-state index in [2.05, 4.69) is 96.5 Å². The Bertz CT molecular complexity index is 591. The van der Waals surface area contributed by atoms with Crippen molar-refractivity contribution in [2.45, 2.75) is 32.5 Å². The first kappa shape index (κ1) is 15.0. The number of hydrogen-bond donors (Lipinski definition) is 0. The van der Waals surface area contributed by atoms with Gasteiger partial charge in [0.1, 0.15) is 0 Å². The van der Waals surface area contributed by atoms with Crippen LogP contribution in [0.4, 0.5) is 0 Å². The molecular formula is C17H18BrI. The average Bonchev–Trinajstić information content (AvgIpc) is 2.36. The number of alkyl halides is 1. The van der Waals surface area contributed by atoms with Crippen LogP contribution >= 0.6 is 38.5 Å². The van der Waals surface area contributed by atoms with E-state index in [1.807, 2.05) is 0 Å². The summed E-state index contributed by atoms with van der Waals surface area (Å²) in [5.41, 5.74) is 8.26. The molecule has 0 nitrogen and oxygen atoms in total. The fourth-order valence-electron chi connectivity index (χ4n) is 2.46. The Kier molecular flexibility index (Phi) is 4.72. The summed E-state index contributed by atoms with van der Waals surface area (Å²) in [7, 11) is 0. The van der Waals surface area contributed by atoms with Crippen molar-refractivity contribution in [3.05, 3.63) is 67.3 Å². The molecule has 0 spiro atoms. The second-order valence-electron chi connectivity index (χ2n) is 5.09. The van der Waals surface area contributed by atoms with Crippen LogP contribution in [0.2, 0.25) is 0 Å². The molecular weight excluding hydrogens is 411 g/mol. The summed E-state index contributed by atoms with van der Waals surface area (Å²) in [5, 5.41) is 0. The molecule has 0 aliphatic carbocycles. The predicted molar refractivity (Wildman–Crippen MR) is 95.3 cm³/mol. The van der Waals surface area contributed by atoms with E-state index in [0.717, 1.165) is 0 Å². The zero-order valence-electron chi connectivity index (χ0n) is 11.7. The molecule has 2 heteroatoms. The highest BCUT2D eigenvalue weighted by atomic mass is 127. The van der Waals surface area contributed by atoms with Crippen molar-refractivity contribution in [3.63, 3.8) is 0 Å². The van der Waals surface area contributed by atoms with Crippen molar-refractivity contribution >= 4 is 38.5 Å². The molecule has 0 bridgehead atoms. The van der Waals surface area contributed by atoms with Crippen LogP contribution in [0.15, 0.2) is 30.3 Å². The van der Waals surface area contributed by atoms with Crippen molar-refractivity contribution in [2.75, 3.05) is 0 Å². The smallest absolute Gasteiger partial charge is 0.0650 e. The summed E-state index contributed by atoms with van der Waals surface area (Å²) >= 11 is 6.26. The third kappa shape index (κ3) is 3.05.